The highest BCUT2D eigenvalue weighted by Crippen LogP contribution is 2.31. The number of fused-ring (bicyclic) bond motifs is 1. The minimum Gasteiger partial charge on any atom is -0.497 e. The first-order valence-electron chi connectivity index (χ1n) is 8.46. The zero-order valence-corrected chi connectivity index (χ0v) is 15.5. The number of anilines is 1. The maximum atomic E-state index is 12.4. The van der Waals surface area contributed by atoms with Crippen molar-refractivity contribution in [1.82, 2.24) is 0 Å². The van der Waals surface area contributed by atoms with Crippen molar-refractivity contribution in [2.24, 2.45) is 0 Å². The molecule has 146 valence electrons. The molecular weight excluding hydrogens is 366 g/mol. The number of ketones is 1. The molecule has 0 spiro atoms. The maximum Gasteiger partial charge on any atom is 0.326 e. The minimum atomic E-state index is -0.703. The molecule has 2 aromatic carbocycles. The third-order valence-electron chi connectivity index (χ3n) is 4.17. The van der Waals surface area contributed by atoms with Crippen molar-refractivity contribution in [1.29, 1.82) is 0 Å². The molecule has 28 heavy (non-hydrogen) atoms. The van der Waals surface area contributed by atoms with Crippen LogP contribution in [0.4, 0.5) is 5.69 Å². The zero-order valence-electron chi connectivity index (χ0n) is 15.5. The molecule has 8 heteroatoms. The lowest BCUT2D eigenvalue weighted by Crippen LogP contribution is -2.42. The van der Waals surface area contributed by atoms with E-state index in [1.54, 1.807) is 36.4 Å². The summed E-state index contributed by atoms with van der Waals surface area (Å²) in [5.74, 6) is -0.132. The number of rotatable bonds is 7. The molecule has 1 amide bonds. The topological polar surface area (TPSA) is 91.4 Å². The van der Waals surface area contributed by atoms with Crippen LogP contribution in [0.1, 0.15) is 10.4 Å². The van der Waals surface area contributed by atoms with Crippen LogP contribution in [0.2, 0.25) is 0 Å². The van der Waals surface area contributed by atoms with Crippen molar-refractivity contribution in [3.8, 4) is 17.2 Å². The summed E-state index contributed by atoms with van der Waals surface area (Å²) >= 11 is 0. The summed E-state index contributed by atoms with van der Waals surface area (Å²) in [4.78, 5) is 38.0. The fourth-order valence-corrected chi connectivity index (χ4v) is 2.75. The molecule has 1 aliphatic heterocycles. The summed E-state index contributed by atoms with van der Waals surface area (Å²) in [6.07, 6.45) is 0. The van der Waals surface area contributed by atoms with E-state index in [0.717, 1.165) is 0 Å². The molecule has 1 aliphatic rings. The third-order valence-corrected chi connectivity index (χ3v) is 4.17. The van der Waals surface area contributed by atoms with Crippen LogP contribution in [0, 0.1) is 0 Å². The Morgan fingerprint density at radius 3 is 2.64 bits per heavy atom. The highest BCUT2D eigenvalue weighted by Gasteiger charge is 2.27. The number of Topliss-reactive ketones (excluding diaryl/α,β-unsaturated/α-hetero) is 1. The van der Waals surface area contributed by atoms with Gasteiger partial charge in [0.15, 0.2) is 13.2 Å². The second-order valence-electron chi connectivity index (χ2n) is 5.89. The first-order valence-corrected chi connectivity index (χ1v) is 8.46. The van der Waals surface area contributed by atoms with E-state index in [9.17, 15) is 14.4 Å². The second kappa shape index (κ2) is 8.43. The van der Waals surface area contributed by atoms with Crippen molar-refractivity contribution < 1.29 is 33.3 Å². The molecule has 0 radical (unpaired) electrons. The Morgan fingerprint density at radius 2 is 1.89 bits per heavy atom. The SMILES string of the molecule is COc1ccc(C(=O)COC(=O)CN2C(=O)COc3ccccc32)c(OC)c1. The summed E-state index contributed by atoms with van der Waals surface area (Å²) in [5, 5.41) is 0. The molecule has 0 N–H and O–H groups in total. The summed E-state index contributed by atoms with van der Waals surface area (Å²) in [6.45, 7) is -0.944. The predicted molar refractivity (Wildman–Crippen MR) is 99.1 cm³/mol. The van der Waals surface area contributed by atoms with E-state index in [4.69, 9.17) is 18.9 Å². The van der Waals surface area contributed by atoms with Crippen LogP contribution in [0.3, 0.4) is 0 Å². The highest BCUT2D eigenvalue weighted by molar-refractivity contribution is 6.03. The molecule has 0 unspecified atom stereocenters. The van der Waals surface area contributed by atoms with Gasteiger partial charge in [-0.2, -0.15) is 0 Å². The number of esters is 1. The number of carbonyl (C=O) groups excluding carboxylic acids is 3. The Kier molecular flexibility index (Phi) is 5.78. The average Bonchev–Trinajstić information content (AvgIpc) is 2.73. The molecule has 0 saturated carbocycles. The molecule has 1 heterocycles. The first kappa shape index (κ1) is 19.2. The number of ether oxygens (including phenoxy) is 4. The Morgan fingerprint density at radius 1 is 1.11 bits per heavy atom. The van der Waals surface area contributed by atoms with Crippen LogP contribution in [-0.2, 0) is 14.3 Å². The van der Waals surface area contributed by atoms with E-state index in [-0.39, 0.29) is 24.6 Å². The lowest BCUT2D eigenvalue weighted by Gasteiger charge is -2.28. The lowest BCUT2D eigenvalue weighted by molar-refractivity contribution is -0.142. The molecule has 0 aliphatic carbocycles. The largest absolute Gasteiger partial charge is 0.497 e. The lowest BCUT2D eigenvalue weighted by atomic mass is 10.1. The smallest absolute Gasteiger partial charge is 0.326 e. The number of amides is 1. The number of methoxy groups -OCH3 is 2. The van der Waals surface area contributed by atoms with Crippen LogP contribution in [0.25, 0.3) is 0 Å². The number of hydrogen-bond acceptors (Lipinski definition) is 7. The highest BCUT2D eigenvalue weighted by atomic mass is 16.5. The van der Waals surface area contributed by atoms with Crippen LogP contribution >= 0.6 is 0 Å². The quantitative estimate of drug-likeness (QED) is 0.531. The van der Waals surface area contributed by atoms with Gasteiger partial charge in [-0.3, -0.25) is 19.3 Å². The van der Waals surface area contributed by atoms with Gasteiger partial charge in [0, 0.05) is 6.07 Å². The zero-order chi connectivity index (χ0) is 20.1. The van der Waals surface area contributed by atoms with Crippen molar-refractivity contribution in [2.45, 2.75) is 0 Å². The van der Waals surface area contributed by atoms with Gasteiger partial charge in [0.2, 0.25) is 5.78 Å². The average molecular weight is 385 g/mol. The third kappa shape index (κ3) is 4.06. The van der Waals surface area contributed by atoms with Gasteiger partial charge in [-0.25, -0.2) is 0 Å². The molecule has 3 rings (SSSR count). The van der Waals surface area contributed by atoms with E-state index < -0.39 is 18.4 Å². The van der Waals surface area contributed by atoms with Crippen molar-refractivity contribution >= 4 is 23.3 Å². The van der Waals surface area contributed by atoms with Crippen molar-refractivity contribution in [3.05, 3.63) is 48.0 Å². The van der Waals surface area contributed by atoms with E-state index in [1.807, 2.05) is 0 Å². The van der Waals surface area contributed by atoms with E-state index in [2.05, 4.69) is 0 Å². The molecule has 0 saturated heterocycles. The summed E-state index contributed by atoms with van der Waals surface area (Å²) in [6, 6.07) is 11.6. The minimum absolute atomic E-state index is 0.160. The fourth-order valence-electron chi connectivity index (χ4n) is 2.75. The molecule has 0 bridgehead atoms. The molecular formula is C20H19NO7. The number of hydrogen-bond donors (Lipinski definition) is 0. The number of carbonyl (C=O) groups is 3. The normalized spacial score (nSPS) is 12.6. The summed E-state index contributed by atoms with van der Waals surface area (Å²) in [7, 11) is 2.93. The number of para-hydroxylation sites is 2. The Hall–Kier alpha value is -3.55. The Labute approximate surface area is 161 Å². The van der Waals surface area contributed by atoms with Gasteiger partial charge in [0.05, 0.1) is 25.5 Å². The van der Waals surface area contributed by atoms with Crippen molar-refractivity contribution in [3.63, 3.8) is 0 Å². The summed E-state index contributed by atoms with van der Waals surface area (Å²) in [5.41, 5.74) is 0.753. The van der Waals surface area contributed by atoms with Crippen LogP contribution in [0.5, 0.6) is 17.2 Å². The van der Waals surface area contributed by atoms with Crippen LogP contribution in [0.15, 0.2) is 42.5 Å². The van der Waals surface area contributed by atoms with Gasteiger partial charge < -0.3 is 18.9 Å². The van der Waals surface area contributed by atoms with Gasteiger partial charge in [-0.1, -0.05) is 12.1 Å². The predicted octanol–water partition coefficient (Wildman–Crippen LogP) is 1.86. The molecule has 8 nitrogen and oxygen atoms in total. The molecule has 0 fully saturated rings. The maximum absolute atomic E-state index is 12.4. The van der Waals surface area contributed by atoms with Crippen LogP contribution < -0.4 is 19.1 Å². The van der Waals surface area contributed by atoms with Gasteiger partial charge >= 0.3 is 5.97 Å². The van der Waals surface area contributed by atoms with Crippen LogP contribution in [-0.4, -0.2) is 51.6 Å². The van der Waals surface area contributed by atoms with E-state index in [0.29, 0.717) is 22.9 Å². The van der Waals surface area contributed by atoms with Gasteiger partial charge in [-0.15, -0.1) is 0 Å². The Bertz CT molecular complexity index is 909. The monoisotopic (exact) mass is 385 g/mol. The van der Waals surface area contributed by atoms with E-state index in [1.165, 1.54) is 25.2 Å². The summed E-state index contributed by atoms with van der Waals surface area (Å²) < 4.78 is 20.7. The van der Waals surface area contributed by atoms with Gasteiger partial charge in [0.25, 0.3) is 5.91 Å². The molecule has 0 atom stereocenters. The van der Waals surface area contributed by atoms with Gasteiger partial charge in [0.1, 0.15) is 23.8 Å². The van der Waals surface area contributed by atoms with Gasteiger partial charge in [-0.05, 0) is 24.3 Å². The second-order valence-corrected chi connectivity index (χ2v) is 5.89. The first-order chi connectivity index (χ1) is 13.5. The Balaban J connectivity index is 1.63. The fraction of sp³-hybridized carbons (Fsp3) is 0.250. The number of nitrogens with zero attached hydrogens (tertiary/aromatic N) is 1. The molecule has 2 aromatic rings. The number of benzene rings is 2. The standard InChI is InChI=1S/C20H19NO7/c1-25-13-7-8-14(18(9-13)26-2)16(22)11-28-20(24)10-21-15-5-3-4-6-17(15)27-12-19(21)23/h3-9H,10-12H2,1-2H3. The molecule has 0 aromatic heterocycles. The van der Waals surface area contributed by atoms with Crippen molar-refractivity contribution in [2.75, 3.05) is 38.9 Å². The van der Waals surface area contributed by atoms with E-state index >= 15 is 0 Å².